The van der Waals surface area contributed by atoms with E-state index in [9.17, 15) is 4.79 Å². The number of aromatic nitrogens is 2. The monoisotopic (exact) mass is 274 g/mol. The molecule has 0 fully saturated rings. The summed E-state index contributed by atoms with van der Waals surface area (Å²) in [7, 11) is 0. The first kappa shape index (κ1) is 14.2. The molecule has 0 amide bonds. The highest BCUT2D eigenvalue weighted by Gasteiger charge is 2.12. The summed E-state index contributed by atoms with van der Waals surface area (Å²) in [5, 5.41) is 3.88. The van der Waals surface area contributed by atoms with Crippen LogP contribution in [0.5, 0.6) is 5.75 Å². The highest BCUT2D eigenvalue weighted by atomic mass is 16.5. The lowest BCUT2D eigenvalue weighted by molar-refractivity contribution is 0.112. The second-order valence-corrected chi connectivity index (χ2v) is 5.09. The van der Waals surface area contributed by atoms with Gasteiger partial charge in [-0.05, 0) is 37.1 Å². The maximum Gasteiger partial charge on any atom is 0.229 e. The van der Waals surface area contributed by atoms with Gasteiger partial charge in [-0.25, -0.2) is 0 Å². The van der Waals surface area contributed by atoms with E-state index in [1.165, 1.54) is 0 Å². The molecule has 1 heterocycles. The number of ether oxygens (including phenoxy) is 1. The number of carbonyl (C=O) groups is 1. The van der Waals surface area contributed by atoms with E-state index in [4.69, 9.17) is 9.26 Å². The van der Waals surface area contributed by atoms with Crippen molar-refractivity contribution in [2.45, 2.75) is 40.2 Å². The van der Waals surface area contributed by atoms with Crippen molar-refractivity contribution in [3.63, 3.8) is 0 Å². The molecule has 0 N–H and O–H groups in total. The first-order chi connectivity index (χ1) is 9.51. The second kappa shape index (κ2) is 5.86. The third-order valence-corrected chi connectivity index (χ3v) is 2.94. The molecule has 2 rings (SSSR count). The maximum atomic E-state index is 10.8. The summed E-state index contributed by atoms with van der Waals surface area (Å²) in [5.74, 6) is 2.08. The van der Waals surface area contributed by atoms with Gasteiger partial charge in [-0.2, -0.15) is 4.98 Å². The van der Waals surface area contributed by atoms with Gasteiger partial charge in [0.1, 0.15) is 12.0 Å². The molecule has 0 radical (unpaired) electrons. The van der Waals surface area contributed by atoms with Crippen LogP contribution in [-0.4, -0.2) is 16.4 Å². The van der Waals surface area contributed by atoms with Gasteiger partial charge in [-0.15, -0.1) is 0 Å². The fraction of sp³-hybridized carbons (Fsp3) is 0.400. The number of hydrogen-bond donors (Lipinski definition) is 0. The van der Waals surface area contributed by atoms with E-state index >= 15 is 0 Å². The molecule has 5 nitrogen and oxygen atoms in total. The Morgan fingerprint density at radius 2 is 1.95 bits per heavy atom. The summed E-state index contributed by atoms with van der Waals surface area (Å²) < 4.78 is 10.9. The Hall–Kier alpha value is -2.17. The minimum Gasteiger partial charge on any atom is -0.485 e. The summed E-state index contributed by atoms with van der Waals surface area (Å²) in [6, 6.07) is 3.59. The van der Waals surface area contributed by atoms with Crippen LogP contribution in [0.15, 0.2) is 16.7 Å². The van der Waals surface area contributed by atoms with Crippen LogP contribution in [-0.2, 0) is 6.61 Å². The van der Waals surface area contributed by atoms with Gasteiger partial charge in [0.05, 0.1) is 0 Å². The Kier molecular flexibility index (Phi) is 4.17. The Morgan fingerprint density at radius 1 is 1.30 bits per heavy atom. The van der Waals surface area contributed by atoms with Crippen LogP contribution in [0.3, 0.4) is 0 Å². The first-order valence-electron chi connectivity index (χ1n) is 6.53. The Labute approximate surface area is 118 Å². The zero-order valence-corrected chi connectivity index (χ0v) is 12.1. The number of rotatable bonds is 5. The number of nitrogens with zero attached hydrogens (tertiary/aromatic N) is 2. The molecular formula is C15H18N2O3. The molecule has 0 aliphatic heterocycles. The van der Waals surface area contributed by atoms with Crippen molar-refractivity contribution in [1.29, 1.82) is 0 Å². The zero-order valence-electron chi connectivity index (χ0n) is 12.1. The zero-order chi connectivity index (χ0) is 14.7. The van der Waals surface area contributed by atoms with Gasteiger partial charge in [0, 0.05) is 11.5 Å². The molecule has 2 aromatic rings. The van der Waals surface area contributed by atoms with E-state index in [2.05, 4.69) is 10.1 Å². The average Bonchev–Trinajstić information content (AvgIpc) is 2.86. The van der Waals surface area contributed by atoms with Crippen molar-refractivity contribution in [1.82, 2.24) is 10.1 Å². The predicted octanol–water partition coefficient (Wildman–Crippen LogP) is 3.20. The molecule has 5 heteroatoms. The smallest absolute Gasteiger partial charge is 0.229 e. The molecule has 0 unspecified atom stereocenters. The van der Waals surface area contributed by atoms with Gasteiger partial charge >= 0.3 is 0 Å². The van der Waals surface area contributed by atoms with Crippen LogP contribution in [0.2, 0.25) is 0 Å². The molecular weight excluding hydrogens is 256 g/mol. The molecule has 0 aliphatic rings. The van der Waals surface area contributed by atoms with Crippen molar-refractivity contribution in [2.24, 2.45) is 0 Å². The van der Waals surface area contributed by atoms with Gasteiger partial charge < -0.3 is 9.26 Å². The summed E-state index contributed by atoms with van der Waals surface area (Å²) >= 11 is 0. The van der Waals surface area contributed by atoms with Crippen LogP contribution in [0.1, 0.15) is 53.0 Å². The van der Waals surface area contributed by atoms with E-state index in [1.54, 1.807) is 12.1 Å². The van der Waals surface area contributed by atoms with E-state index in [0.717, 1.165) is 23.2 Å². The van der Waals surface area contributed by atoms with Crippen molar-refractivity contribution in [3.05, 3.63) is 40.5 Å². The molecule has 0 spiro atoms. The van der Waals surface area contributed by atoms with Gasteiger partial charge in [-0.1, -0.05) is 19.0 Å². The van der Waals surface area contributed by atoms with E-state index in [-0.39, 0.29) is 12.5 Å². The molecule has 1 aromatic carbocycles. The highest BCUT2D eigenvalue weighted by Crippen LogP contribution is 2.25. The van der Waals surface area contributed by atoms with Crippen LogP contribution in [0.4, 0.5) is 0 Å². The van der Waals surface area contributed by atoms with Crippen LogP contribution < -0.4 is 4.74 Å². The molecule has 1 aromatic heterocycles. The third kappa shape index (κ3) is 3.04. The molecule has 20 heavy (non-hydrogen) atoms. The molecule has 0 atom stereocenters. The molecule has 0 saturated heterocycles. The van der Waals surface area contributed by atoms with Gasteiger partial charge in [0.2, 0.25) is 11.7 Å². The largest absolute Gasteiger partial charge is 0.485 e. The lowest BCUT2D eigenvalue weighted by atomic mass is 10.1. The van der Waals surface area contributed by atoms with Crippen LogP contribution in [0, 0.1) is 13.8 Å². The Morgan fingerprint density at radius 3 is 2.45 bits per heavy atom. The Bertz CT molecular complexity index is 594. The van der Waals surface area contributed by atoms with E-state index in [0.29, 0.717) is 17.3 Å². The highest BCUT2D eigenvalue weighted by molar-refractivity contribution is 5.76. The first-order valence-corrected chi connectivity index (χ1v) is 6.53. The topological polar surface area (TPSA) is 65.2 Å². The summed E-state index contributed by atoms with van der Waals surface area (Å²) in [5.41, 5.74) is 2.48. The minimum absolute atomic E-state index is 0.201. The third-order valence-electron chi connectivity index (χ3n) is 2.94. The molecule has 0 saturated carbocycles. The van der Waals surface area contributed by atoms with Gasteiger partial charge in [0.15, 0.2) is 6.61 Å². The Balaban J connectivity index is 2.12. The van der Waals surface area contributed by atoms with Gasteiger partial charge in [-0.3, -0.25) is 4.79 Å². The van der Waals surface area contributed by atoms with Crippen LogP contribution >= 0.6 is 0 Å². The normalized spacial score (nSPS) is 10.8. The lowest BCUT2D eigenvalue weighted by Crippen LogP contribution is -2.02. The fourth-order valence-electron chi connectivity index (χ4n) is 1.98. The van der Waals surface area contributed by atoms with Gasteiger partial charge in [0.25, 0.3) is 0 Å². The van der Waals surface area contributed by atoms with Crippen LogP contribution in [0.25, 0.3) is 0 Å². The van der Waals surface area contributed by atoms with Crippen molar-refractivity contribution >= 4 is 6.29 Å². The quantitative estimate of drug-likeness (QED) is 0.783. The summed E-state index contributed by atoms with van der Waals surface area (Å²) in [4.78, 5) is 15.1. The molecule has 106 valence electrons. The average molecular weight is 274 g/mol. The summed E-state index contributed by atoms with van der Waals surface area (Å²) in [6.45, 7) is 8.05. The lowest BCUT2D eigenvalue weighted by Gasteiger charge is -2.11. The number of hydrogen-bond acceptors (Lipinski definition) is 5. The van der Waals surface area contributed by atoms with Crippen molar-refractivity contribution in [3.8, 4) is 5.75 Å². The standard InChI is InChI=1S/C15H18N2O3/c1-9(2)15-16-13(17-20-15)8-19-14-10(3)5-12(7-18)6-11(14)4/h5-7,9H,8H2,1-4H3. The number of aldehydes is 1. The number of benzene rings is 1. The molecule has 0 aliphatic carbocycles. The van der Waals surface area contributed by atoms with Crippen molar-refractivity contribution < 1.29 is 14.1 Å². The SMILES string of the molecule is Cc1cc(C=O)cc(C)c1OCc1noc(C(C)C)n1. The second-order valence-electron chi connectivity index (χ2n) is 5.09. The number of carbonyl (C=O) groups excluding carboxylic acids is 1. The summed E-state index contributed by atoms with van der Waals surface area (Å²) in [6.07, 6.45) is 0.831. The van der Waals surface area contributed by atoms with Crippen molar-refractivity contribution in [2.75, 3.05) is 0 Å². The molecule has 0 bridgehead atoms. The van der Waals surface area contributed by atoms with E-state index in [1.807, 2.05) is 27.7 Å². The van der Waals surface area contributed by atoms with E-state index < -0.39 is 0 Å². The number of aryl methyl sites for hydroxylation is 2. The minimum atomic E-state index is 0.201. The fourth-order valence-corrected chi connectivity index (χ4v) is 1.98. The maximum absolute atomic E-state index is 10.8. The predicted molar refractivity (Wildman–Crippen MR) is 74.0 cm³/mol.